The Morgan fingerprint density at radius 3 is 2.28 bits per heavy atom. The van der Waals surface area contributed by atoms with Gasteiger partial charge in [-0.25, -0.2) is 9.97 Å². The number of unbranched alkanes of at least 4 members (excludes halogenated alkanes) is 8. The molecule has 0 bridgehead atoms. The number of halogens is 3. The maximum absolute atomic E-state index is 13.3. The molecule has 1 atom stereocenters. The molecular formula is C29H41F3N6O. The summed E-state index contributed by atoms with van der Waals surface area (Å²) in [6.07, 6.45) is 13.2. The van der Waals surface area contributed by atoms with Crippen LogP contribution in [-0.2, 0) is 11.5 Å². The lowest BCUT2D eigenvalue weighted by Gasteiger charge is -2.17. The fraction of sp³-hybridized carbons (Fsp3) is 0.655. The standard InChI is InChI=1S/C29H41F3N6O/c1-28(2,3)15-11-9-7-5-4-6-8-10-12-18-39-22-37-17-14-24-26(34-21-35-27(24)37)23-19-36-38(20-23)25(13-16-33)29(30,31)32/h14,17,19-21,25H,4-13,15,18,22H2,1-3H3/t25-/m0/s1. The molecule has 0 saturated carbocycles. The van der Waals surface area contributed by atoms with Crippen molar-refractivity contribution in [2.24, 2.45) is 5.41 Å². The highest BCUT2D eigenvalue weighted by atomic mass is 19.4. The molecule has 3 rings (SSSR count). The highest BCUT2D eigenvalue weighted by molar-refractivity contribution is 5.90. The Hall–Kier alpha value is -2.93. The van der Waals surface area contributed by atoms with Crippen LogP contribution in [0.15, 0.2) is 31.0 Å². The Labute approximate surface area is 229 Å². The molecule has 0 fully saturated rings. The van der Waals surface area contributed by atoms with Crippen LogP contribution in [0.25, 0.3) is 22.3 Å². The summed E-state index contributed by atoms with van der Waals surface area (Å²) in [5.41, 5.74) is 2.00. The molecule has 0 aliphatic heterocycles. The van der Waals surface area contributed by atoms with E-state index in [0.717, 1.165) is 17.5 Å². The summed E-state index contributed by atoms with van der Waals surface area (Å²) >= 11 is 0. The maximum Gasteiger partial charge on any atom is 0.411 e. The number of alkyl halides is 3. The van der Waals surface area contributed by atoms with Crippen LogP contribution in [0.4, 0.5) is 13.2 Å². The molecule has 10 heteroatoms. The Kier molecular flexibility index (Phi) is 11.3. The van der Waals surface area contributed by atoms with Gasteiger partial charge in [0.2, 0.25) is 0 Å². The first kappa shape index (κ1) is 30.6. The van der Waals surface area contributed by atoms with E-state index in [0.29, 0.717) is 41.0 Å². The molecule has 0 aliphatic carbocycles. The minimum Gasteiger partial charge on any atom is -0.361 e. The molecule has 0 N–H and O–H groups in total. The summed E-state index contributed by atoms with van der Waals surface area (Å²) in [7, 11) is 0. The molecule has 3 aromatic heterocycles. The minimum absolute atomic E-state index is 0.339. The fourth-order valence-electron chi connectivity index (χ4n) is 4.67. The van der Waals surface area contributed by atoms with Crippen LogP contribution in [0.2, 0.25) is 0 Å². The third-order valence-electron chi connectivity index (χ3n) is 6.86. The first-order valence-corrected chi connectivity index (χ1v) is 14.0. The molecule has 0 saturated heterocycles. The highest BCUT2D eigenvalue weighted by Crippen LogP contribution is 2.34. The van der Waals surface area contributed by atoms with E-state index in [1.165, 1.54) is 70.1 Å². The van der Waals surface area contributed by atoms with Gasteiger partial charge in [0.05, 0.1) is 24.4 Å². The topological polar surface area (TPSA) is 81.5 Å². The highest BCUT2D eigenvalue weighted by Gasteiger charge is 2.41. The molecule has 0 aromatic carbocycles. The summed E-state index contributed by atoms with van der Waals surface area (Å²) in [5, 5.41) is 13.4. The van der Waals surface area contributed by atoms with Crippen LogP contribution in [0, 0.1) is 16.7 Å². The number of aromatic nitrogens is 5. The number of nitriles is 1. The van der Waals surface area contributed by atoms with E-state index in [2.05, 4.69) is 35.8 Å². The zero-order valence-electron chi connectivity index (χ0n) is 23.4. The van der Waals surface area contributed by atoms with Gasteiger partial charge in [0.15, 0.2) is 6.04 Å². The van der Waals surface area contributed by atoms with Crippen molar-refractivity contribution < 1.29 is 17.9 Å². The molecule has 0 aliphatic rings. The Balaban J connectivity index is 1.40. The molecule has 0 amide bonds. The summed E-state index contributed by atoms with van der Waals surface area (Å²) in [6.45, 7) is 7.92. The van der Waals surface area contributed by atoms with Crippen molar-refractivity contribution in [3.05, 3.63) is 31.0 Å². The Morgan fingerprint density at radius 2 is 1.64 bits per heavy atom. The molecule has 214 valence electrons. The Morgan fingerprint density at radius 1 is 0.974 bits per heavy atom. The quantitative estimate of drug-likeness (QED) is 0.169. The van der Waals surface area contributed by atoms with E-state index < -0.39 is 18.6 Å². The predicted octanol–water partition coefficient (Wildman–Crippen LogP) is 8.23. The zero-order chi connectivity index (χ0) is 28.3. The minimum atomic E-state index is -4.58. The SMILES string of the molecule is CC(C)(C)CCCCCCCCCCCOCn1ccc2c(-c3cnn([C@@H](CC#N)C(F)(F)F)c3)ncnc21. The molecular weight excluding hydrogens is 505 g/mol. The molecule has 7 nitrogen and oxygen atoms in total. The zero-order valence-corrected chi connectivity index (χ0v) is 23.4. The van der Waals surface area contributed by atoms with Crippen molar-refractivity contribution >= 4 is 11.0 Å². The van der Waals surface area contributed by atoms with Gasteiger partial charge in [0.1, 0.15) is 18.7 Å². The van der Waals surface area contributed by atoms with E-state index in [1.54, 1.807) is 6.07 Å². The molecule has 3 heterocycles. The summed E-state index contributed by atoms with van der Waals surface area (Å²) in [5.74, 6) is 0. The van der Waals surface area contributed by atoms with E-state index >= 15 is 0 Å². The number of hydrogen-bond acceptors (Lipinski definition) is 5. The number of nitrogens with zero attached hydrogens (tertiary/aromatic N) is 6. The third-order valence-corrected chi connectivity index (χ3v) is 6.86. The fourth-order valence-corrected chi connectivity index (χ4v) is 4.67. The van der Waals surface area contributed by atoms with E-state index in [-0.39, 0.29) is 0 Å². The van der Waals surface area contributed by atoms with Crippen LogP contribution in [0.5, 0.6) is 0 Å². The van der Waals surface area contributed by atoms with Crippen LogP contribution in [0.1, 0.15) is 97.4 Å². The van der Waals surface area contributed by atoms with Gasteiger partial charge in [-0.2, -0.15) is 23.5 Å². The summed E-state index contributed by atoms with van der Waals surface area (Å²) in [6, 6.07) is 1.40. The predicted molar refractivity (Wildman–Crippen MR) is 146 cm³/mol. The van der Waals surface area contributed by atoms with Gasteiger partial charge >= 0.3 is 6.18 Å². The molecule has 3 aromatic rings. The van der Waals surface area contributed by atoms with Crippen molar-refractivity contribution in [1.82, 2.24) is 24.3 Å². The van der Waals surface area contributed by atoms with Gasteiger partial charge in [-0.15, -0.1) is 0 Å². The average molecular weight is 547 g/mol. The maximum atomic E-state index is 13.3. The lowest BCUT2D eigenvalue weighted by Crippen LogP contribution is -2.26. The van der Waals surface area contributed by atoms with Crippen molar-refractivity contribution in [1.29, 1.82) is 5.26 Å². The first-order valence-electron chi connectivity index (χ1n) is 14.0. The van der Waals surface area contributed by atoms with Gasteiger partial charge in [0, 0.05) is 30.0 Å². The Bertz CT molecular complexity index is 1190. The van der Waals surface area contributed by atoms with Gasteiger partial charge < -0.3 is 9.30 Å². The first-order chi connectivity index (χ1) is 18.6. The second kappa shape index (κ2) is 14.5. The third kappa shape index (κ3) is 9.64. The van der Waals surface area contributed by atoms with Gasteiger partial charge in [-0.1, -0.05) is 72.1 Å². The number of rotatable bonds is 16. The largest absolute Gasteiger partial charge is 0.411 e. The smallest absolute Gasteiger partial charge is 0.361 e. The molecule has 0 unspecified atom stereocenters. The van der Waals surface area contributed by atoms with Crippen molar-refractivity contribution in [3.63, 3.8) is 0 Å². The molecule has 39 heavy (non-hydrogen) atoms. The molecule has 0 spiro atoms. The number of fused-ring (bicyclic) bond motifs is 1. The van der Waals surface area contributed by atoms with Crippen LogP contribution in [-0.4, -0.2) is 37.1 Å². The summed E-state index contributed by atoms with van der Waals surface area (Å²) in [4.78, 5) is 8.63. The lowest BCUT2D eigenvalue weighted by atomic mass is 9.89. The van der Waals surface area contributed by atoms with E-state index in [1.807, 2.05) is 16.8 Å². The monoisotopic (exact) mass is 546 g/mol. The second-order valence-electron chi connectivity index (χ2n) is 11.4. The van der Waals surface area contributed by atoms with Crippen LogP contribution < -0.4 is 0 Å². The van der Waals surface area contributed by atoms with Crippen LogP contribution in [0.3, 0.4) is 0 Å². The number of hydrogen-bond donors (Lipinski definition) is 0. The van der Waals surface area contributed by atoms with E-state index in [4.69, 9.17) is 10.00 Å². The average Bonchev–Trinajstić information content (AvgIpc) is 3.51. The normalized spacial score (nSPS) is 13.2. The number of ether oxygens (including phenoxy) is 1. The van der Waals surface area contributed by atoms with Crippen LogP contribution >= 0.6 is 0 Å². The van der Waals surface area contributed by atoms with Gasteiger partial charge in [-0.3, -0.25) is 4.68 Å². The second-order valence-corrected chi connectivity index (χ2v) is 11.4. The van der Waals surface area contributed by atoms with Crippen molar-refractivity contribution in [3.8, 4) is 17.3 Å². The van der Waals surface area contributed by atoms with Crippen molar-refractivity contribution in [2.45, 2.75) is 110 Å². The van der Waals surface area contributed by atoms with Gasteiger partial charge in [0.25, 0.3) is 0 Å². The van der Waals surface area contributed by atoms with E-state index in [9.17, 15) is 13.2 Å². The molecule has 0 radical (unpaired) electrons. The lowest BCUT2D eigenvalue weighted by molar-refractivity contribution is -0.169. The summed E-state index contributed by atoms with van der Waals surface area (Å²) < 4.78 is 48.5. The van der Waals surface area contributed by atoms with Crippen molar-refractivity contribution in [2.75, 3.05) is 6.61 Å². The van der Waals surface area contributed by atoms with Gasteiger partial charge in [-0.05, 0) is 24.3 Å².